The molecule has 3 rings (SSSR count). The first-order chi connectivity index (χ1) is 9.24. The van der Waals surface area contributed by atoms with E-state index >= 15 is 0 Å². The van der Waals surface area contributed by atoms with Crippen molar-refractivity contribution in [3.05, 3.63) is 48.0 Å². The first-order valence-corrected chi connectivity index (χ1v) is 6.72. The van der Waals surface area contributed by atoms with Crippen LogP contribution in [0.15, 0.2) is 36.7 Å². The average molecular weight is 256 g/mol. The third-order valence-electron chi connectivity index (χ3n) is 3.94. The van der Waals surface area contributed by atoms with Crippen LogP contribution < -0.4 is 5.32 Å². The first kappa shape index (κ1) is 12.2. The van der Waals surface area contributed by atoms with E-state index < -0.39 is 0 Å². The lowest BCUT2D eigenvalue weighted by Gasteiger charge is -2.33. The molecule has 0 fully saturated rings. The zero-order valence-electron chi connectivity index (χ0n) is 11.5. The number of hydrogen-bond donors (Lipinski definition) is 1. The molecular formula is C15H20N4. The van der Waals surface area contributed by atoms with Gasteiger partial charge in [-0.25, -0.2) is 4.98 Å². The molecule has 0 radical (unpaired) electrons. The monoisotopic (exact) mass is 256 g/mol. The van der Waals surface area contributed by atoms with Crippen LogP contribution in [-0.4, -0.2) is 34.1 Å². The Morgan fingerprint density at radius 3 is 3.05 bits per heavy atom. The van der Waals surface area contributed by atoms with Crippen LogP contribution in [0.4, 0.5) is 5.69 Å². The van der Waals surface area contributed by atoms with E-state index in [0.717, 1.165) is 25.3 Å². The van der Waals surface area contributed by atoms with Gasteiger partial charge in [-0.1, -0.05) is 18.2 Å². The van der Waals surface area contributed by atoms with Crippen molar-refractivity contribution in [1.82, 2.24) is 14.5 Å². The minimum absolute atomic E-state index is 0.520. The Morgan fingerprint density at radius 2 is 2.26 bits per heavy atom. The molecule has 1 unspecified atom stereocenters. The van der Waals surface area contributed by atoms with Crippen molar-refractivity contribution in [1.29, 1.82) is 0 Å². The second-order valence-electron chi connectivity index (χ2n) is 5.27. The number of fused-ring (bicyclic) bond motifs is 1. The number of hydrogen-bond acceptors (Lipinski definition) is 3. The van der Waals surface area contributed by atoms with Crippen LogP contribution in [-0.2, 0) is 20.0 Å². The standard InChI is InChI=1S/C15H20N4/c1-18-8-7-16-15(18)11-19(2)13-9-12-5-3-4-6-14(12)17-10-13/h3-8,13,17H,9-11H2,1-2H3. The predicted octanol–water partition coefficient (Wildman–Crippen LogP) is 1.89. The van der Waals surface area contributed by atoms with Crippen LogP contribution in [0.25, 0.3) is 0 Å². The van der Waals surface area contributed by atoms with Crippen LogP contribution in [0, 0.1) is 0 Å². The van der Waals surface area contributed by atoms with E-state index in [1.54, 1.807) is 0 Å². The minimum atomic E-state index is 0.520. The van der Waals surface area contributed by atoms with E-state index in [0.29, 0.717) is 6.04 Å². The highest BCUT2D eigenvalue weighted by Crippen LogP contribution is 2.23. The van der Waals surface area contributed by atoms with Crippen LogP contribution in [0.2, 0.25) is 0 Å². The van der Waals surface area contributed by atoms with Gasteiger partial charge in [-0.2, -0.15) is 0 Å². The maximum atomic E-state index is 4.40. The molecule has 4 nitrogen and oxygen atoms in total. The second-order valence-corrected chi connectivity index (χ2v) is 5.27. The summed E-state index contributed by atoms with van der Waals surface area (Å²) in [5.74, 6) is 1.11. The molecule has 2 heterocycles. The van der Waals surface area contributed by atoms with Crippen LogP contribution in [0.3, 0.4) is 0 Å². The molecule has 100 valence electrons. The molecular weight excluding hydrogens is 236 g/mol. The molecule has 0 saturated heterocycles. The summed E-state index contributed by atoms with van der Waals surface area (Å²) >= 11 is 0. The number of nitrogens with zero attached hydrogens (tertiary/aromatic N) is 3. The Kier molecular flexibility index (Phi) is 3.25. The molecule has 4 heteroatoms. The summed E-state index contributed by atoms with van der Waals surface area (Å²) < 4.78 is 2.08. The highest BCUT2D eigenvalue weighted by atomic mass is 15.2. The third kappa shape index (κ3) is 2.49. The van der Waals surface area contributed by atoms with Gasteiger partial charge in [0.05, 0.1) is 6.54 Å². The fourth-order valence-electron chi connectivity index (χ4n) is 2.64. The number of likely N-dealkylation sites (N-methyl/N-ethyl adjacent to an activating group) is 1. The van der Waals surface area contributed by atoms with E-state index in [4.69, 9.17) is 0 Å². The molecule has 0 bridgehead atoms. The summed E-state index contributed by atoms with van der Waals surface area (Å²) in [5.41, 5.74) is 2.69. The van der Waals surface area contributed by atoms with Crippen molar-refractivity contribution < 1.29 is 0 Å². The van der Waals surface area contributed by atoms with Crippen molar-refractivity contribution >= 4 is 5.69 Å². The van der Waals surface area contributed by atoms with Crippen LogP contribution in [0.5, 0.6) is 0 Å². The summed E-state index contributed by atoms with van der Waals surface area (Å²) in [4.78, 5) is 6.78. The molecule has 0 aliphatic carbocycles. The fraction of sp³-hybridized carbons (Fsp3) is 0.400. The van der Waals surface area contributed by atoms with E-state index in [9.17, 15) is 0 Å². The first-order valence-electron chi connectivity index (χ1n) is 6.72. The highest BCUT2D eigenvalue weighted by Gasteiger charge is 2.22. The van der Waals surface area contributed by atoms with Crippen LogP contribution in [0.1, 0.15) is 11.4 Å². The summed E-state index contributed by atoms with van der Waals surface area (Å²) in [6.45, 7) is 1.88. The van der Waals surface area contributed by atoms with Crippen molar-refractivity contribution in [3.63, 3.8) is 0 Å². The van der Waals surface area contributed by atoms with Gasteiger partial charge in [-0.05, 0) is 25.1 Å². The number of aryl methyl sites for hydroxylation is 1. The molecule has 1 aliphatic heterocycles. The Labute approximate surface area is 114 Å². The molecule has 0 amide bonds. The molecule has 1 aromatic carbocycles. The van der Waals surface area contributed by atoms with Crippen molar-refractivity contribution in [2.24, 2.45) is 7.05 Å². The molecule has 1 atom stereocenters. The van der Waals surface area contributed by atoms with E-state index in [1.807, 2.05) is 19.4 Å². The van der Waals surface area contributed by atoms with Gasteiger partial charge in [0.1, 0.15) is 5.82 Å². The number of benzene rings is 1. The Bertz CT molecular complexity index is 561. The van der Waals surface area contributed by atoms with Gasteiger partial charge in [-0.3, -0.25) is 4.90 Å². The Hall–Kier alpha value is -1.81. The Morgan fingerprint density at radius 1 is 1.42 bits per heavy atom. The van der Waals surface area contributed by atoms with Crippen molar-refractivity contribution in [2.75, 3.05) is 18.9 Å². The number of para-hydroxylation sites is 1. The number of anilines is 1. The van der Waals surface area contributed by atoms with Gasteiger partial charge in [0.2, 0.25) is 0 Å². The maximum Gasteiger partial charge on any atom is 0.122 e. The quantitative estimate of drug-likeness (QED) is 0.910. The normalized spacial score (nSPS) is 18.2. The van der Waals surface area contributed by atoms with Crippen molar-refractivity contribution in [3.8, 4) is 0 Å². The van der Waals surface area contributed by atoms with Gasteiger partial charge in [0, 0.05) is 37.7 Å². The SMILES string of the molecule is CN(Cc1nccn1C)C1CNc2ccccc2C1. The van der Waals surface area contributed by atoms with Gasteiger partial charge in [0.25, 0.3) is 0 Å². The molecule has 1 aliphatic rings. The van der Waals surface area contributed by atoms with Gasteiger partial charge in [0.15, 0.2) is 0 Å². The number of rotatable bonds is 3. The largest absolute Gasteiger partial charge is 0.383 e. The minimum Gasteiger partial charge on any atom is -0.383 e. The number of aromatic nitrogens is 2. The van der Waals surface area contributed by atoms with Gasteiger partial charge < -0.3 is 9.88 Å². The van der Waals surface area contributed by atoms with E-state index in [2.05, 4.69) is 51.1 Å². The smallest absolute Gasteiger partial charge is 0.122 e. The van der Waals surface area contributed by atoms with E-state index in [-0.39, 0.29) is 0 Å². The molecule has 0 saturated carbocycles. The molecule has 2 aromatic rings. The second kappa shape index (κ2) is 5.05. The van der Waals surface area contributed by atoms with Crippen molar-refractivity contribution in [2.45, 2.75) is 19.0 Å². The zero-order chi connectivity index (χ0) is 13.2. The third-order valence-corrected chi connectivity index (χ3v) is 3.94. The summed E-state index contributed by atoms with van der Waals surface area (Å²) in [5, 5.41) is 3.52. The Balaban J connectivity index is 1.69. The summed E-state index contributed by atoms with van der Waals surface area (Å²) in [6, 6.07) is 9.09. The lowest BCUT2D eigenvalue weighted by atomic mass is 9.99. The summed E-state index contributed by atoms with van der Waals surface area (Å²) in [6.07, 6.45) is 4.96. The molecule has 19 heavy (non-hydrogen) atoms. The zero-order valence-corrected chi connectivity index (χ0v) is 11.5. The summed E-state index contributed by atoms with van der Waals surface area (Å²) in [7, 11) is 4.22. The lowest BCUT2D eigenvalue weighted by Crippen LogP contribution is -2.41. The number of nitrogens with one attached hydrogen (secondary N) is 1. The maximum absolute atomic E-state index is 4.40. The average Bonchev–Trinajstić information content (AvgIpc) is 2.84. The highest BCUT2D eigenvalue weighted by molar-refractivity contribution is 5.53. The predicted molar refractivity (Wildman–Crippen MR) is 77.1 cm³/mol. The van der Waals surface area contributed by atoms with Crippen LogP contribution >= 0.6 is 0 Å². The number of imidazole rings is 1. The fourth-order valence-corrected chi connectivity index (χ4v) is 2.64. The molecule has 1 N–H and O–H groups in total. The topological polar surface area (TPSA) is 33.1 Å². The van der Waals surface area contributed by atoms with Gasteiger partial charge in [-0.15, -0.1) is 0 Å². The molecule has 0 spiro atoms. The van der Waals surface area contributed by atoms with E-state index in [1.165, 1.54) is 11.3 Å². The lowest BCUT2D eigenvalue weighted by molar-refractivity contribution is 0.230. The molecule has 1 aromatic heterocycles. The van der Waals surface area contributed by atoms with Gasteiger partial charge >= 0.3 is 0 Å².